The van der Waals surface area contributed by atoms with Crippen LogP contribution < -0.4 is 5.32 Å². The van der Waals surface area contributed by atoms with Gasteiger partial charge in [0.25, 0.3) is 0 Å². The normalized spacial score (nSPS) is 12.5. The number of rotatable bonds is 4. The molecule has 0 aliphatic carbocycles. The minimum absolute atomic E-state index is 0.289. The number of hydrogen-bond donors (Lipinski definition) is 1. The molecule has 0 heterocycles. The maximum absolute atomic E-state index is 3.61. The zero-order chi connectivity index (χ0) is 13.8. The molecule has 1 atom stereocenters. The second-order valence-electron chi connectivity index (χ2n) is 5.16. The van der Waals surface area contributed by atoms with E-state index in [0.29, 0.717) is 5.92 Å². The molecule has 0 aliphatic rings. The van der Waals surface area contributed by atoms with Crippen molar-refractivity contribution in [3.63, 3.8) is 0 Å². The molecule has 0 saturated carbocycles. The zero-order valence-electron chi connectivity index (χ0n) is 11.7. The summed E-state index contributed by atoms with van der Waals surface area (Å²) in [7, 11) is 0. The number of para-hydroxylation sites is 1. The minimum atomic E-state index is 0.289. The van der Waals surface area contributed by atoms with Crippen LogP contribution in [0, 0.1) is 0 Å². The van der Waals surface area contributed by atoms with E-state index in [1.54, 1.807) is 0 Å². The lowest BCUT2D eigenvalue weighted by molar-refractivity contribution is 0.841. The molecule has 2 rings (SSSR count). The fourth-order valence-corrected chi connectivity index (χ4v) is 2.64. The van der Waals surface area contributed by atoms with Crippen LogP contribution in [0.1, 0.15) is 43.9 Å². The van der Waals surface area contributed by atoms with Crippen molar-refractivity contribution in [3.8, 4) is 0 Å². The van der Waals surface area contributed by atoms with Gasteiger partial charge in [-0.15, -0.1) is 0 Å². The van der Waals surface area contributed by atoms with Crippen LogP contribution in [-0.4, -0.2) is 0 Å². The molecule has 0 radical (unpaired) electrons. The summed E-state index contributed by atoms with van der Waals surface area (Å²) in [5, 5.41) is 3.61. The van der Waals surface area contributed by atoms with Crippen molar-refractivity contribution in [3.05, 3.63) is 64.1 Å². The fourth-order valence-electron chi connectivity index (χ4n) is 2.22. The predicted octanol–water partition coefficient (Wildman–Crippen LogP) is 5.75. The first-order valence-corrected chi connectivity index (χ1v) is 7.48. The molecule has 0 spiro atoms. The van der Waals surface area contributed by atoms with Gasteiger partial charge in [-0.3, -0.25) is 0 Å². The Morgan fingerprint density at radius 2 is 1.68 bits per heavy atom. The van der Waals surface area contributed by atoms with Crippen LogP contribution in [0.15, 0.2) is 53.0 Å². The Morgan fingerprint density at radius 3 is 2.37 bits per heavy atom. The van der Waals surface area contributed by atoms with Gasteiger partial charge in [-0.05, 0) is 42.2 Å². The highest BCUT2D eigenvalue weighted by molar-refractivity contribution is 9.10. The molecule has 0 aromatic heterocycles. The Kier molecular flexibility index (Phi) is 4.65. The van der Waals surface area contributed by atoms with Gasteiger partial charge in [0, 0.05) is 16.2 Å². The van der Waals surface area contributed by atoms with Gasteiger partial charge in [0.1, 0.15) is 0 Å². The Balaban J connectivity index is 2.22. The molecule has 100 valence electrons. The Hall–Kier alpha value is -1.28. The van der Waals surface area contributed by atoms with E-state index >= 15 is 0 Å². The maximum Gasteiger partial charge on any atom is 0.0486 e. The van der Waals surface area contributed by atoms with Crippen LogP contribution in [0.2, 0.25) is 0 Å². The van der Waals surface area contributed by atoms with Crippen LogP contribution in [0.3, 0.4) is 0 Å². The predicted molar refractivity (Wildman–Crippen MR) is 86.7 cm³/mol. The second-order valence-corrected chi connectivity index (χ2v) is 6.08. The standard InChI is InChI=1S/C17H20BrN/c1-12(2)16-9-4-5-10-17(16)19-13(3)14-7-6-8-15(18)11-14/h4-13,19H,1-3H3. The highest BCUT2D eigenvalue weighted by Crippen LogP contribution is 2.28. The van der Waals surface area contributed by atoms with Gasteiger partial charge in [-0.1, -0.05) is 60.1 Å². The van der Waals surface area contributed by atoms with Gasteiger partial charge < -0.3 is 5.32 Å². The first-order chi connectivity index (χ1) is 9.08. The van der Waals surface area contributed by atoms with Crippen molar-refractivity contribution in [1.82, 2.24) is 0 Å². The molecule has 0 fully saturated rings. The molecule has 1 unspecified atom stereocenters. The SMILES string of the molecule is CC(C)c1ccccc1NC(C)c1cccc(Br)c1. The van der Waals surface area contributed by atoms with Gasteiger partial charge in [0.15, 0.2) is 0 Å². The number of nitrogens with one attached hydrogen (secondary N) is 1. The summed E-state index contributed by atoms with van der Waals surface area (Å²) in [5.74, 6) is 0.526. The molecule has 1 N–H and O–H groups in total. The number of hydrogen-bond acceptors (Lipinski definition) is 1. The third-order valence-corrected chi connectivity index (χ3v) is 3.80. The molecule has 0 aliphatic heterocycles. The Morgan fingerprint density at radius 1 is 0.947 bits per heavy atom. The highest BCUT2D eigenvalue weighted by Gasteiger charge is 2.10. The zero-order valence-corrected chi connectivity index (χ0v) is 13.2. The molecular weight excluding hydrogens is 298 g/mol. The largest absolute Gasteiger partial charge is 0.378 e. The molecule has 0 saturated heterocycles. The summed E-state index contributed by atoms with van der Waals surface area (Å²) in [4.78, 5) is 0. The van der Waals surface area contributed by atoms with E-state index in [4.69, 9.17) is 0 Å². The van der Waals surface area contributed by atoms with E-state index in [9.17, 15) is 0 Å². The lowest BCUT2D eigenvalue weighted by atomic mass is 10.00. The molecule has 19 heavy (non-hydrogen) atoms. The average Bonchev–Trinajstić information content (AvgIpc) is 2.39. The Bertz CT molecular complexity index is 548. The summed E-state index contributed by atoms with van der Waals surface area (Å²) in [6.07, 6.45) is 0. The van der Waals surface area contributed by atoms with Gasteiger partial charge in [0.05, 0.1) is 0 Å². The number of halogens is 1. The van der Waals surface area contributed by atoms with Crippen molar-refractivity contribution in [2.75, 3.05) is 5.32 Å². The monoisotopic (exact) mass is 317 g/mol. The van der Waals surface area contributed by atoms with Crippen molar-refractivity contribution >= 4 is 21.6 Å². The molecule has 2 aromatic rings. The molecule has 0 bridgehead atoms. The summed E-state index contributed by atoms with van der Waals surface area (Å²) in [6.45, 7) is 6.65. The van der Waals surface area contributed by atoms with Crippen molar-refractivity contribution in [1.29, 1.82) is 0 Å². The summed E-state index contributed by atoms with van der Waals surface area (Å²) >= 11 is 3.53. The van der Waals surface area contributed by atoms with Gasteiger partial charge >= 0.3 is 0 Å². The third kappa shape index (κ3) is 3.60. The molecule has 0 amide bonds. The van der Waals surface area contributed by atoms with E-state index in [1.165, 1.54) is 16.8 Å². The van der Waals surface area contributed by atoms with Crippen molar-refractivity contribution < 1.29 is 0 Å². The maximum atomic E-state index is 3.61. The number of benzene rings is 2. The summed E-state index contributed by atoms with van der Waals surface area (Å²) < 4.78 is 1.12. The van der Waals surface area contributed by atoms with Crippen LogP contribution in [0.25, 0.3) is 0 Å². The minimum Gasteiger partial charge on any atom is -0.378 e. The lowest BCUT2D eigenvalue weighted by Gasteiger charge is -2.20. The van der Waals surface area contributed by atoms with Gasteiger partial charge in [-0.25, -0.2) is 0 Å². The lowest BCUT2D eigenvalue weighted by Crippen LogP contribution is -2.08. The fraction of sp³-hybridized carbons (Fsp3) is 0.294. The number of anilines is 1. The topological polar surface area (TPSA) is 12.0 Å². The van der Waals surface area contributed by atoms with Crippen LogP contribution in [0.4, 0.5) is 5.69 Å². The average molecular weight is 318 g/mol. The smallest absolute Gasteiger partial charge is 0.0486 e. The third-order valence-electron chi connectivity index (χ3n) is 3.30. The van der Waals surface area contributed by atoms with Crippen LogP contribution in [-0.2, 0) is 0 Å². The van der Waals surface area contributed by atoms with Crippen molar-refractivity contribution in [2.24, 2.45) is 0 Å². The van der Waals surface area contributed by atoms with Gasteiger partial charge in [-0.2, -0.15) is 0 Å². The molecular formula is C17H20BrN. The van der Waals surface area contributed by atoms with E-state index in [2.05, 4.69) is 90.5 Å². The van der Waals surface area contributed by atoms with Crippen LogP contribution >= 0.6 is 15.9 Å². The van der Waals surface area contributed by atoms with E-state index in [-0.39, 0.29) is 6.04 Å². The quantitative estimate of drug-likeness (QED) is 0.757. The Labute approximate surface area is 124 Å². The molecule has 1 nitrogen and oxygen atoms in total. The van der Waals surface area contributed by atoms with E-state index in [1.807, 2.05) is 0 Å². The highest BCUT2D eigenvalue weighted by atomic mass is 79.9. The first kappa shape index (κ1) is 14.1. The van der Waals surface area contributed by atoms with E-state index < -0.39 is 0 Å². The molecule has 2 heteroatoms. The summed E-state index contributed by atoms with van der Waals surface area (Å²) in [5.41, 5.74) is 3.88. The first-order valence-electron chi connectivity index (χ1n) is 6.69. The van der Waals surface area contributed by atoms with Gasteiger partial charge in [0.2, 0.25) is 0 Å². The molecule has 2 aromatic carbocycles. The van der Waals surface area contributed by atoms with Crippen molar-refractivity contribution in [2.45, 2.75) is 32.7 Å². The summed E-state index contributed by atoms with van der Waals surface area (Å²) in [6, 6.07) is 17.3. The van der Waals surface area contributed by atoms with Crippen LogP contribution in [0.5, 0.6) is 0 Å². The van der Waals surface area contributed by atoms with E-state index in [0.717, 1.165) is 4.47 Å². The second kappa shape index (κ2) is 6.25.